The van der Waals surface area contributed by atoms with Gasteiger partial charge in [-0.25, -0.2) is 0 Å². The fourth-order valence-corrected chi connectivity index (χ4v) is 2.36. The lowest BCUT2D eigenvalue weighted by Crippen LogP contribution is -2.51. The summed E-state index contributed by atoms with van der Waals surface area (Å²) in [6.07, 6.45) is 0.745. The molecule has 1 saturated carbocycles. The highest BCUT2D eigenvalue weighted by Crippen LogP contribution is 2.53. The fourth-order valence-electron chi connectivity index (χ4n) is 2.36. The Bertz CT molecular complexity index is 452. The number of benzene rings is 1. The largest absolute Gasteiger partial charge is 0.480 e. The van der Waals surface area contributed by atoms with Gasteiger partial charge in [-0.3, -0.25) is 9.59 Å². The van der Waals surface area contributed by atoms with Crippen molar-refractivity contribution < 1.29 is 19.8 Å². The number of hydrogen-bond donors (Lipinski definition) is 3. The molecule has 0 heterocycles. The lowest BCUT2D eigenvalue weighted by molar-refractivity contribution is -0.174. The van der Waals surface area contributed by atoms with Crippen molar-refractivity contribution in [3.8, 4) is 0 Å². The smallest absolute Gasteiger partial charge is 0.321 e. The highest BCUT2D eigenvalue weighted by atomic mass is 16.4. The summed E-state index contributed by atoms with van der Waals surface area (Å²) in [4.78, 5) is 22.4. The van der Waals surface area contributed by atoms with E-state index in [0.717, 1.165) is 5.56 Å². The molecule has 90 valence electrons. The Morgan fingerprint density at radius 1 is 1.18 bits per heavy atom. The molecule has 0 radical (unpaired) electrons. The molecule has 0 saturated heterocycles. The average Bonchev–Trinajstić information content (AvgIpc) is 2.19. The molecule has 4 N–H and O–H groups in total. The topological polar surface area (TPSA) is 101 Å². The number of carbonyl (C=O) groups is 2. The third-order valence-corrected chi connectivity index (χ3v) is 3.52. The monoisotopic (exact) mass is 235 g/mol. The van der Waals surface area contributed by atoms with Gasteiger partial charge in [-0.1, -0.05) is 12.1 Å². The summed E-state index contributed by atoms with van der Waals surface area (Å²) in [6, 6.07) is 6.70. The zero-order chi connectivity index (χ0) is 12.6. The van der Waals surface area contributed by atoms with Crippen LogP contribution in [0.2, 0.25) is 0 Å². The minimum Gasteiger partial charge on any atom is -0.480 e. The molecule has 1 aromatic carbocycles. The van der Waals surface area contributed by atoms with E-state index in [1.54, 1.807) is 24.3 Å². The minimum atomic E-state index is -1.67. The van der Waals surface area contributed by atoms with E-state index in [4.69, 9.17) is 15.9 Å². The maximum absolute atomic E-state index is 11.2. The second kappa shape index (κ2) is 3.76. The van der Waals surface area contributed by atoms with Crippen molar-refractivity contribution in [1.82, 2.24) is 0 Å². The lowest BCUT2D eigenvalue weighted by Gasteiger charge is -2.42. The molecule has 0 aromatic heterocycles. The van der Waals surface area contributed by atoms with Crippen LogP contribution in [0.1, 0.15) is 24.3 Å². The van der Waals surface area contributed by atoms with Crippen molar-refractivity contribution in [1.29, 1.82) is 0 Å². The highest BCUT2D eigenvalue weighted by molar-refractivity contribution is 6.00. The molecule has 0 amide bonds. The first-order chi connectivity index (χ1) is 7.98. The minimum absolute atomic E-state index is 0.173. The Balaban J connectivity index is 2.37. The first-order valence-electron chi connectivity index (χ1n) is 5.30. The zero-order valence-electron chi connectivity index (χ0n) is 9.09. The van der Waals surface area contributed by atoms with E-state index in [9.17, 15) is 9.59 Å². The molecule has 1 fully saturated rings. The average molecular weight is 235 g/mol. The maximum Gasteiger partial charge on any atom is 0.321 e. The molecule has 1 aliphatic rings. The first-order valence-corrected chi connectivity index (χ1v) is 5.30. The van der Waals surface area contributed by atoms with Gasteiger partial charge < -0.3 is 15.9 Å². The summed E-state index contributed by atoms with van der Waals surface area (Å²) < 4.78 is 0. The molecular formula is C12H13NO4. The summed E-state index contributed by atoms with van der Waals surface area (Å²) in [7, 11) is 0. The molecule has 0 aliphatic heterocycles. The van der Waals surface area contributed by atoms with E-state index in [1.807, 2.05) is 0 Å². The Hall–Kier alpha value is -2.04. The molecule has 1 aliphatic carbocycles. The third-order valence-electron chi connectivity index (χ3n) is 3.52. The van der Waals surface area contributed by atoms with E-state index < -0.39 is 23.3 Å². The SMILES string of the molecule is Nc1ccc(C2CCC2(C(=O)O)C(=O)O)cc1. The van der Waals surface area contributed by atoms with Crippen LogP contribution in [-0.4, -0.2) is 22.2 Å². The second-order valence-corrected chi connectivity index (χ2v) is 4.34. The Kier molecular flexibility index (Phi) is 2.53. The van der Waals surface area contributed by atoms with Gasteiger partial charge in [0, 0.05) is 11.6 Å². The number of nitrogen functional groups attached to an aromatic ring is 1. The van der Waals surface area contributed by atoms with Crippen molar-refractivity contribution in [3.05, 3.63) is 29.8 Å². The van der Waals surface area contributed by atoms with Gasteiger partial charge in [0.05, 0.1) is 0 Å². The summed E-state index contributed by atoms with van der Waals surface area (Å²) in [5, 5.41) is 18.3. The van der Waals surface area contributed by atoms with Crippen molar-refractivity contribution in [3.63, 3.8) is 0 Å². The number of carboxylic acids is 2. The molecule has 5 heteroatoms. The van der Waals surface area contributed by atoms with Crippen LogP contribution in [0.15, 0.2) is 24.3 Å². The van der Waals surface area contributed by atoms with Crippen molar-refractivity contribution >= 4 is 17.6 Å². The Morgan fingerprint density at radius 2 is 1.71 bits per heavy atom. The van der Waals surface area contributed by atoms with Crippen molar-refractivity contribution in [2.24, 2.45) is 5.41 Å². The molecule has 5 nitrogen and oxygen atoms in total. The molecule has 2 rings (SSSR count). The van der Waals surface area contributed by atoms with Crippen LogP contribution in [0.5, 0.6) is 0 Å². The summed E-state index contributed by atoms with van der Waals surface area (Å²) >= 11 is 0. The van der Waals surface area contributed by atoms with Gasteiger partial charge in [-0.15, -0.1) is 0 Å². The molecule has 1 atom stereocenters. The summed E-state index contributed by atoms with van der Waals surface area (Å²) in [5.41, 5.74) is 5.16. The van der Waals surface area contributed by atoms with Gasteiger partial charge >= 0.3 is 11.9 Å². The van der Waals surface area contributed by atoms with E-state index >= 15 is 0 Å². The fraction of sp³-hybridized carbons (Fsp3) is 0.333. The first kappa shape index (κ1) is 11.4. The van der Waals surface area contributed by atoms with Crippen LogP contribution in [0.3, 0.4) is 0 Å². The van der Waals surface area contributed by atoms with Gasteiger partial charge in [0.1, 0.15) is 0 Å². The van der Waals surface area contributed by atoms with Gasteiger partial charge in [-0.05, 0) is 30.5 Å². The zero-order valence-corrected chi connectivity index (χ0v) is 9.09. The van der Waals surface area contributed by atoms with E-state index in [2.05, 4.69) is 0 Å². The van der Waals surface area contributed by atoms with Crippen LogP contribution in [0.4, 0.5) is 5.69 Å². The number of anilines is 1. The molecule has 1 aromatic rings. The molecule has 1 unspecified atom stereocenters. The van der Waals surface area contributed by atoms with Crippen LogP contribution in [0.25, 0.3) is 0 Å². The van der Waals surface area contributed by atoms with Crippen molar-refractivity contribution in [2.45, 2.75) is 18.8 Å². The Morgan fingerprint density at radius 3 is 2.06 bits per heavy atom. The Labute approximate surface area is 97.9 Å². The molecule has 0 bridgehead atoms. The van der Waals surface area contributed by atoms with Gasteiger partial charge in [0.25, 0.3) is 0 Å². The number of nitrogens with two attached hydrogens (primary N) is 1. The van der Waals surface area contributed by atoms with E-state index in [0.29, 0.717) is 12.1 Å². The van der Waals surface area contributed by atoms with Gasteiger partial charge in [-0.2, -0.15) is 0 Å². The number of hydrogen-bond acceptors (Lipinski definition) is 3. The van der Waals surface area contributed by atoms with Gasteiger partial charge in [0.15, 0.2) is 5.41 Å². The number of carboxylic acid groups (broad SMARTS) is 2. The third kappa shape index (κ3) is 1.54. The summed E-state index contributed by atoms with van der Waals surface area (Å²) in [6.45, 7) is 0. The van der Waals surface area contributed by atoms with Crippen LogP contribution >= 0.6 is 0 Å². The van der Waals surface area contributed by atoms with Gasteiger partial charge in [0.2, 0.25) is 0 Å². The lowest BCUT2D eigenvalue weighted by atomic mass is 9.57. The number of rotatable bonds is 3. The molecular weight excluding hydrogens is 222 g/mol. The highest BCUT2D eigenvalue weighted by Gasteiger charge is 2.59. The maximum atomic E-state index is 11.2. The van der Waals surface area contributed by atoms with Crippen LogP contribution in [-0.2, 0) is 9.59 Å². The van der Waals surface area contributed by atoms with E-state index in [1.165, 1.54) is 0 Å². The predicted octanol–water partition coefficient (Wildman–Crippen LogP) is 1.30. The quantitative estimate of drug-likeness (QED) is 0.541. The second-order valence-electron chi connectivity index (χ2n) is 4.34. The van der Waals surface area contributed by atoms with Crippen LogP contribution in [0, 0.1) is 5.41 Å². The predicted molar refractivity (Wildman–Crippen MR) is 60.5 cm³/mol. The standard InChI is InChI=1S/C12H13NO4/c13-8-3-1-7(2-4-8)9-5-6-12(9,10(14)15)11(16)17/h1-4,9H,5-6,13H2,(H,14,15)(H,16,17). The number of aliphatic carboxylic acids is 2. The summed E-state index contributed by atoms with van der Waals surface area (Å²) in [5.74, 6) is -3.01. The molecule has 0 spiro atoms. The van der Waals surface area contributed by atoms with Crippen molar-refractivity contribution in [2.75, 3.05) is 5.73 Å². The van der Waals surface area contributed by atoms with E-state index in [-0.39, 0.29) is 6.42 Å². The molecule has 17 heavy (non-hydrogen) atoms. The normalized spacial score (nSPS) is 21.5. The van der Waals surface area contributed by atoms with Crippen LogP contribution < -0.4 is 5.73 Å².